The summed E-state index contributed by atoms with van der Waals surface area (Å²) in [5.41, 5.74) is 0.821. The summed E-state index contributed by atoms with van der Waals surface area (Å²) in [4.78, 5) is 0. The third-order valence-corrected chi connectivity index (χ3v) is 5.01. The predicted molar refractivity (Wildman–Crippen MR) is 64.9 cm³/mol. The number of hydrogen-bond acceptors (Lipinski definition) is 2. The van der Waals surface area contributed by atoms with Crippen LogP contribution in [0.15, 0.2) is 24.3 Å². The molecule has 3 nitrogen and oxygen atoms in total. The third-order valence-electron chi connectivity index (χ3n) is 2.87. The van der Waals surface area contributed by atoms with E-state index in [0.717, 1.165) is 18.4 Å². The quantitative estimate of drug-likeness (QED) is 0.902. The molecule has 0 aliphatic heterocycles. The number of sulfonamides is 1. The minimum Gasteiger partial charge on any atom is -0.218 e. The lowest BCUT2D eigenvalue weighted by molar-refractivity contribution is 0.563. The summed E-state index contributed by atoms with van der Waals surface area (Å²) in [6.07, 6.45) is 1.96. The van der Waals surface area contributed by atoms with Crippen molar-refractivity contribution < 1.29 is 8.42 Å². The summed E-state index contributed by atoms with van der Waals surface area (Å²) in [7, 11) is -1.80. The van der Waals surface area contributed by atoms with Crippen LogP contribution >= 0.6 is 11.6 Å². The van der Waals surface area contributed by atoms with Crippen LogP contribution in [0.2, 0.25) is 5.02 Å². The first kappa shape index (κ1) is 11.9. The first-order valence-corrected chi connectivity index (χ1v) is 7.15. The van der Waals surface area contributed by atoms with Gasteiger partial charge in [-0.15, -0.1) is 0 Å². The lowest BCUT2D eigenvalue weighted by atomic mass is 10.1. The van der Waals surface area contributed by atoms with Gasteiger partial charge >= 0.3 is 0 Å². The van der Waals surface area contributed by atoms with Gasteiger partial charge in [-0.05, 0) is 43.5 Å². The highest BCUT2D eigenvalue weighted by atomic mass is 35.5. The van der Waals surface area contributed by atoms with E-state index < -0.39 is 15.3 Å². The van der Waals surface area contributed by atoms with Crippen LogP contribution in [0.5, 0.6) is 0 Å². The van der Waals surface area contributed by atoms with Crippen LogP contribution in [0.1, 0.15) is 23.7 Å². The van der Waals surface area contributed by atoms with E-state index in [1.54, 1.807) is 24.3 Å². The molecule has 1 aromatic carbocycles. The maximum Gasteiger partial charge on any atom is 0.218 e. The molecule has 1 N–H and O–H groups in total. The van der Waals surface area contributed by atoms with E-state index in [2.05, 4.69) is 4.72 Å². The molecular weight excluding hydrogens is 246 g/mol. The number of rotatable bonds is 4. The second-order valence-electron chi connectivity index (χ2n) is 4.06. The van der Waals surface area contributed by atoms with Gasteiger partial charge in [0.25, 0.3) is 0 Å². The van der Waals surface area contributed by atoms with Gasteiger partial charge in [-0.2, -0.15) is 0 Å². The van der Waals surface area contributed by atoms with Gasteiger partial charge in [0.2, 0.25) is 10.0 Å². The summed E-state index contributed by atoms with van der Waals surface area (Å²) >= 11 is 5.79. The Balaban J connectivity index is 2.37. The topological polar surface area (TPSA) is 46.2 Å². The van der Waals surface area contributed by atoms with E-state index >= 15 is 0 Å². The summed E-state index contributed by atoms with van der Waals surface area (Å²) in [6, 6.07) is 7.05. The Morgan fingerprint density at radius 2 is 1.88 bits per heavy atom. The molecule has 0 aromatic heterocycles. The fourth-order valence-electron chi connectivity index (χ4n) is 1.88. The predicted octanol–water partition coefficient (Wildman–Crippen LogP) is 2.34. The Morgan fingerprint density at radius 3 is 2.31 bits per heavy atom. The van der Waals surface area contributed by atoms with Crippen molar-refractivity contribution in [2.45, 2.75) is 18.1 Å². The van der Waals surface area contributed by atoms with E-state index in [4.69, 9.17) is 11.6 Å². The molecule has 2 rings (SSSR count). The number of benzene rings is 1. The fourth-order valence-corrected chi connectivity index (χ4v) is 3.56. The van der Waals surface area contributed by atoms with Crippen LogP contribution < -0.4 is 4.72 Å². The largest absolute Gasteiger partial charge is 0.218 e. The smallest absolute Gasteiger partial charge is 0.218 e. The Kier molecular flexibility index (Phi) is 3.24. The zero-order valence-electron chi connectivity index (χ0n) is 8.98. The van der Waals surface area contributed by atoms with Crippen molar-refractivity contribution in [1.82, 2.24) is 4.72 Å². The maximum absolute atomic E-state index is 11.9. The van der Waals surface area contributed by atoms with Gasteiger partial charge in [-0.3, -0.25) is 0 Å². The highest BCUT2D eigenvalue weighted by Crippen LogP contribution is 2.45. The van der Waals surface area contributed by atoms with Gasteiger partial charge in [0.05, 0.1) is 0 Å². The van der Waals surface area contributed by atoms with Crippen LogP contribution in [-0.4, -0.2) is 15.5 Å². The summed E-state index contributed by atoms with van der Waals surface area (Å²) < 4.78 is 26.3. The van der Waals surface area contributed by atoms with Crippen molar-refractivity contribution in [3.8, 4) is 0 Å². The molecule has 1 atom stereocenters. The standard InChI is InChI=1S/C11H14ClNO2S/c1-13-16(14,15)11(8-2-3-8)9-4-6-10(12)7-5-9/h4-8,11,13H,2-3H2,1H3. The van der Waals surface area contributed by atoms with E-state index in [1.807, 2.05) is 0 Å². The second kappa shape index (κ2) is 4.35. The molecule has 1 fully saturated rings. The molecule has 0 saturated heterocycles. The minimum atomic E-state index is -3.26. The van der Waals surface area contributed by atoms with Crippen LogP contribution in [0, 0.1) is 5.92 Å². The van der Waals surface area contributed by atoms with Crippen molar-refractivity contribution in [1.29, 1.82) is 0 Å². The molecule has 0 bridgehead atoms. The molecule has 0 heterocycles. The number of halogens is 1. The summed E-state index contributed by atoms with van der Waals surface area (Å²) in [6.45, 7) is 0. The highest BCUT2D eigenvalue weighted by Gasteiger charge is 2.40. The first-order valence-electron chi connectivity index (χ1n) is 5.22. The molecular formula is C11H14ClNO2S. The lowest BCUT2D eigenvalue weighted by Gasteiger charge is -2.16. The van der Waals surface area contributed by atoms with Crippen molar-refractivity contribution in [2.75, 3.05) is 7.05 Å². The van der Waals surface area contributed by atoms with Gasteiger partial charge in [0.15, 0.2) is 0 Å². The SMILES string of the molecule is CNS(=O)(=O)C(c1ccc(Cl)cc1)C1CC1. The molecule has 16 heavy (non-hydrogen) atoms. The molecule has 0 amide bonds. The van der Waals surface area contributed by atoms with Crippen LogP contribution in [0.4, 0.5) is 0 Å². The molecule has 0 spiro atoms. The average Bonchev–Trinajstić information content (AvgIpc) is 3.05. The third kappa shape index (κ3) is 2.39. The van der Waals surface area contributed by atoms with Gasteiger partial charge in [0, 0.05) is 5.02 Å². The van der Waals surface area contributed by atoms with Crippen molar-refractivity contribution in [3.63, 3.8) is 0 Å². The minimum absolute atomic E-state index is 0.249. The Bertz CT molecular complexity index is 465. The molecule has 88 valence electrons. The van der Waals surface area contributed by atoms with Gasteiger partial charge in [-0.1, -0.05) is 23.7 Å². The van der Waals surface area contributed by atoms with Crippen LogP contribution in [-0.2, 0) is 10.0 Å². The van der Waals surface area contributed by atoms with E-state index in [-0.39, 0.29) is 5.92 Å². The van der Waals surface area contributed by atoms with Crippen molar-refractivity contribution in [2.24, 2.45) is 5.92 Å². The molecule has 1 unspecified atom stereocenters. The van der Waals surface area contributed by atoms with Crippen LogP contribution in [0.25, 0.3) is 0 Å². The van der Waals surface area contributed by atoms with Crippen LogP contribution in [0.3, 0.4) is 0 Å². The molecule has 1 saturated carbocycles. The number of nitrogens with one attached hydrogen (secondary N) is 1. The fraction of sp³-hybridized carbons (Fsp3) is 0.455. The monoisotopic (exact) mass is 259 g/mol. The Morgan fingerprint density at radius 1 is 1.31 bits per heavy atom. The van der Waals surface area contributed by atoms with E-state index in [0.29, 0.717) is 5.02 Å². The zero-order valence-corrected chi connectivity index (χ0v) is 10.6. The van der Waals surface area contributed by atoms with E-state index in [9.17, 15) is 8.42 Å². The van der Waals surface area contributed by atoms with Crippen molar-refractivity contribution >= 4 is 21.6 Å². The Labute approximate surface area is 101 Å². The van der Waals surface area contributed by atoms with Gasteiger partial charge in [-0.25, -0.2) is 13.1 Å². The first-order chi connectivity index (χ1) is 7.54. The van der Waals surface area contributed by atoms with Gasteiger partial charge < -0.3 is 0 Å². The molecule has 0 radical (unpaired) electrons. The molecule has 1 aliphatic rings. The average molecular weight is 260 g/mol. The van der Waals surface area contributed by atoms with E-state index in [1.165, 1.54) is 7.05 Å². The highest BCUT2D eigenvalue weighted by molar-refractivity contribution is 7.89. The summed E-state index contributed by atoms with van der Waals surface area (Å²) in [5, 5.41) is 0.190. The molecule has 1 aliphatic carbocycles. The van der Waals surface area contributed by atoms with Crippen molar-refractivity contribution in [3.05, 3.63) is 34.9 Å². The molecule has 5 heteroatoms. The van der Waals surface area contributed by atoms with Gasteiger partial charge in [0.1, 0.15) is 5.25 Å². The lowest BCUT2D eigenvalue weighted by Crippen LogP contribution is -2.27. The zero-order chi connectivity index (χ0) is 11.8. The second-order valence-corrected chi connectivity index (χ2v) is 6.50. The Hall–Kier alpha value is -0.580. The number of hydrogen-bond donors (Lipinski definition) is 1. The maximum atomic E-state index is 11.9. The molecule has 1 aromatic rings. The normalized spacial score (nSPS) is 18.4. The summed E-state index contributed by atoms with van der Waals surface area (Å²) in [5.74, 6) is 0.249.